The quantitative estimate of drug-likeness (QED) is 0.730. The fourth-order valence-corrected chi connectivity index (χ4v) is 2.61. The molecule has 3 N–H and O–H groups in total. The summed E-state index contributed by atoms with van der Waals surface area (Å²) in [5.74, 6) is -0.272. The molecule has 6 heteroatoms. The number of carbonyl (C=O) groups excluding carboxylic acids is 2. The van der Waals surface area contributed by atoms with E-state index in [0.29, 0.717) is 16.4 Å². The molecule has 0 saturated carbocycles. The molecule has 25 heavy (non-hydrogen) atoms. The molecule has 0 spiro atoms. The van der Waals surface area contributed by atoms with Gasteiger partial charge in [0, 0.05) is 29.4 Å². The van der Waals surface area contributed by atoms with Gasteiger partial charge in [-0.25, -0.2) is 0 Å². The minimum absolute atomic E-state index is 0.0124. The molecule has 0 bridgehead atoms. The largest absolute Gasteiger partial charge is 0.326 e. The van der Waals surface area contributed by atoms with Crippen molar-refractivity contribution in [2.45, 2.75) is 32.9 Å². The summed E-state index contributed by atoms with van der Waals surface area (Å²) in [5.41, 5.74) is 2.38. The molecule has 0 radical (unpaired) electrons. The van der Waals surface area contributed by atoms with Gasteiger partial charge >= 0.3 is 0 Å². The summed E-state index contributed by atoms with van der Waals surface area (Å²) in [4.78, 5) is 23.3. The lowest BCUT2D eigenvalue weighted by Gasteiger charge is -2.20. The second-order valence-corrected chi connectivity index (χ2v) is 6.35. The Morgan fingerprint density at radius 3 is 2.12 bits per heavy atom. The number of hydrogen-bond donors (Lipinski definition) is 3. The van der Waals surface area contributed by atoms with Crippen molar-refractivity contribution in [3.05, 3.63) is 59.1 Å². The molecule has 2 aromatic carbocycles. The average molecular weight is 360 g/mol. The van der Waals surface area contributed by atoms with E-state index in [0.717, 1.165) is 5.56 Å². The SMILES string of the molecule is CC(=O)Nc1ccc(NC(=O)[C@H](C)N[C@@H](C)c2cccc(Cl)c2)cc1. The molecule has 0 aliphatic heterocycles. The van der Waals surface area contributed by atoms with Crippen LogP contribution in [0.15, 0.2) is 48.5 Å². The van der Waals surface area contributed by atoms with Crippen molar-refractivity contribution in [3.63, 3.8) is 0 Å². The molecular formula is C19H22ClN3O2. The third-order valence-electron chi connectivity index (χ3n) is 3.71. The number of rotatable bonds is 6. The van der Waals surface area contributed by atoms with E-state index in [9.17, 15) is 9.59 Å². The number of halogens is 1. The molecule has 0 unspecified atom stereocenters. The van der Waals surface area contributed by atoms with Gasteiger partial charge < -0.3 is 10.6 Å². The van der Waals surface area contributed by atoms with Crippen LogP contribution in [0.3, 0.4) is 0 Å². The fourth-order valence-electron chi connectivity index (χ4n) is 2.41. The monoisotopic (exact) mass is 359 g/mol. The summed E-state index contributed by atoms with van der Waals surface area (Å²) in [5, 5.41) is 9.45. The standard InChI is InChI=1S/C19H22ClN3O2/c1-12(15-5-4-6-16(20)11-15)21-13(2)19(25)23-18-9-7-17(8-10-18)22-14(3)24/h4-13,21H,1-3H3,(H,22,24)(H,23,25)/t12-,13-/m0/s1. The van der Waals surface area contributed by atoms with Crippen molar-refractivity contribution in [2.24, 2.45) is 0 Å². The van der Waals surface area contributed by atoms with Gasteiger partial charge in [-0.05, 0) is 55.8 Å². The first kappa shape index (κ1) is 19.0. The maximum atomic E-state index is 12.3. The summed E-state index contributed by atoms with van der Waals surface area (Å²) in [6.07, 6.45) is 0. The van der Waals surface area contributed by atoms with Crippen molar-refractivity contribution in [1.82, 2.24) is 5.32 Å². The van der Waals surface area contributed by atoms with Crippen LogP contribution in [0.1, 0.15) is 32.4 Å². The van der Waals surface area contributed by atoms with Gasteiger partial charge in [-0.1, -0.05) is 23.7 Å². The predicted octanol–water partition coefficient (Wildman–Crippen LogP) is 3.98. The number of carbonyl (C=O) groups is 2. The molecule has 0 aliphatic rings. The fraction of sp³-hybridized carbons (Fsp3) is 0.263. The van der Waals surface area contributed by atoms with Crippen molar-refractivity contribution in [2.75, 3.05) is 10.6 Å². The lowest BCUT2D eigenvalue weighted by atomic mass is 10.1. The highest BCUT2D eigenvalue weighted by Gasteiger charge is 2.16. The van der Waals surface area contributed by atoms with Crippen LogP contribution in [0.4, 0.5) is 11.4 Å². The van der Waals surface area contributed by atoms with E-state index in [1.165, 1.54) is 6.92 Å². The Labute approximate surface area is 152 Å². The zero-order valence-electron chi connectivity index (χ0n) is 14.5. The minimum Gasteiger partial charge on any atom is -0.326 e. The van der Waals surface area contributed by atoms with Crippen molar-refractivity contribution >= 4 is 34.8 Å². The zero-order valence-corrected chi connectivity index (χ0v) is 15.2. The van der Waals surface area contributed by atoms with Crippen molar-refractivity contribution in [1.29, 1.82) is 0 Å². The molecule has 0 aliphatic carbocycles. The second kappa shape index (κ2) is 8.65. The predicted molar refractivity (Wildman–Crippen MR) is 102 cm³/mol. The first-order valence-electron chi connectivity index (χ1n) is 8.05. The van der Waals surface area contributed by atoms with E-state index in [2.05, 4.69) is 16.0 Å². The number of hydrogen-bond acceptors (Lipinski definition) is 3. The summed E-state index contributed by atoms with van der Waals surface area (Å²) >= 11 is 6.01. The summed E-state index contributed by atoms with van der Waals surface area (Å²) < 4.78 is 0. The van der Waals surface area contributed by atoms with Gasteiger partial charge in [-0.2, -0.15) is 0 Å². The normalized spacial score (nSPS) is 13.0. The Kier molecular flexibility index (Phi) is 6.56. The molecule has 2 amide bonds. The van der Waals surface area contributed by atoms with E-state index in [1.807, 2.05) is 38.1 Å². The molecule has 132 valence electrons. The summed E-state index contributed by atoms with van der Waals surface area (Å²) in [7, 11) is 0. The molecule has 0 fully saturated rings. The minimum atomic E-state index is -0.385. The lowest BCUT2D eigenvalue weighted by molar-refractivity contribution is -0.118. The Hall–Kier alpha value is -2.37. The summed E-state index contributed by atoms with van der Waals surface area (Å²) in [6.45, 7) is 5.24. The van der Waals surface area contributed by atoms with Gasteiger partial charge in [0.2, 0.25) is 11.8 Å². The van der Waals surface area contributed by atoms with Gasteiger partial charge in [0.15, 0.2) is 0 Å². The maximum Gasteiger partial charge on any atom is 0.241 e. The first-order valence-corrected chi connectivity index (χ1v) is 8.43. The van der Waals surface area contributed by atoms with E-state index < -0.39 is 0 Å². The van der Waals surface area contributed by atoms with Gasteiger partial charge in [-0.15, -0.1) is 0 Å². The van der Waals surface area contributed by atoms with Gasteiger partial charge in [0.1, 0.15) is 0 Å². The molecule has 0 aromatic heterocycles. The molecule has 5 nitrogen and oxygen atoms in total. The van der Waals surface area contributed by atoms with Gasteiger partial charge in [-0.3, -0.25) is 14.9 Å². The second-order valence-electron chi connectivity index (χ2n) is 5.91. The van der Waals surface area contributed by atoms with Crippen molar-refractivity contribution in [3.8, 4) is 0 Å². The van der Waals surface area contributed by atoms with E-state index in [4.69, 9.17) is 11.6 Å². The van der Waals surface area contributed by atoms with E-state index in [1.54, 1.807) is 24.3 Å². The van der Waals surface area contributed by atoms with Crippen LogP contribution in [-0.2, 0) is 9.59 Å². The zero-order chi connectivity index (χ0) is 18.4. The number of anilines is 2. The summed E-state index contributed by atoms with van der Waals surface area (Å²) in [6, 6.07) is 14.1. The van der Waals surface area contributed by atoms with Crippen LogP contribution in [0.2, 0.25) is 5.02 Å². The van der Waals surface area contributed by atoms with E-state index >= 15 is 0 Å². The van der Waals surface area contributed by atoms with Crippen LogP contribution >= 0.6 is 11.6 Å². The Morgan fingerprint density at radius 1 is 0.960 bits per heavy atom. The highest BCUT2D eigenvalue weighted by atomic mass is 35.5. The Morgan fingerprint density at radius 2 is 1.56 bits per heavy atom. The molecule has 2 atom stereocenters. The van der Waals surface area contributed by atoms with Crippen LogP contribution in [0, 0.1) is 0 Å². The topological polar surface area (TPSA) is 70.2 Å². The van der Waals surface area contributed by atoms with Gasteiger partial charge in [0.25, 0.3) is 0 Å². The third-order valence-corrected chi connectivity index (χ3v) is 3.95. The van der Waals surface area contributed by atoms with E-state index in [-0.39, 0.29) is 23.9 Å². The highest BCUT2D eigenvalue weighted by Crippen LogP contribution is 2.18. The molecule has 0 heterocycles. The smallest absolute Gasteiger partial charge is 0.241 e. The first-order chi connectivity index (χ1) is 11.8. The van der Waals surface area contributed by atoms with Crippen LogP contribution in [0.25, 0.3) is 0 Å². The number of amides is 2. The van der Waals surface area contributed by atoms with Gasteiger partial charge in [0.05, 0.1) is 6.04 Å². The molecule has 2 aromatic rings. The number of benzene rings is 2. The number of nitrogens with one attached hydrogen (secondary N) is 3. The van der Waals surface area contributed by atoms with Crippen LogP contribution in [0.5, 0.6) is 0 Å². The van der Waals surface area contributed by atoms with Crippen LogP contribution in [-0.4, -0.2) is 17.9 Å². The average Bonchev–Trinajstić information content (AvgIpc) is 2.56. The molecule has 0 saturated heterocycles. The van der Waals surface area contributed by atoms with Crippen molar-refractivity contribution < 1.29 is 9.59 Å². The molecule has 2 rings (SSSR count). The Balaban J connectivity index is 1.92. The van der Waals surface area contributed by atoms with Crippen LogP contribution < -0.4 is 16.0 Å². The lowest BCUT2D eigenvalue weighted by Crippen LogP contribution is -2.39. The maximum absolute atomic E-state index is 12.3. The Bertz CT molecular complexity index is 747. The third kappa shape index (κ3) is 5.89. The molecular weight excluding hydrogens is 338 g/mol. The highest BCUT2D eigenvalue weighted by molar-refractivity contribution is 6.30.